The van der Waals surface area contributed by atoms with Gasteiger partial charge in [-0.2, -0.15) is 4.99 Å². The molecule has 0 saturated heterocycles. The molecular formula is C17H22N2O4S. The van der Waals surface area contributed by atoms with Crippen LogP contribution in [0.15, 0.2) is 23.2 Å². The molecule has 1 aromatic carbocycles. The highest BCUT2D eigenvalue weighted by Crippen LogP contribution is 2.20. The Balaban J connectivity index is 2.49. The number of carbonyl (C=O) groups excluding carboxylic acids is 2. The zero-order valence-electron chi connectivity index (χ0n) is 14.2. The van der Waals surface area contributed by atoms with Crippen LogP contribution >= 0.6 is 11.3 Å². The first-order valence-corrected chi connectivity index (χ1v) is 8.88. The molecule has 24 heavy (non-hydrogen) atoms. The predicted molar refractivity (Wildman–Crippen MR) is 93.1 cm³/mol. The van der Waals surface area contributed by atoms with Crippen LogP contribution in [0.1, 0.15) is 37.6 Å². The van der Waals surface area contributed by atoms with Crippen molar-refractivity contribution < 1.29 is 19.1 Å². The monoisotopic (exact) mass is 350 g/mol. The highest BCUT2D eigenvalue weighted by atomic mass is 32.1. The van der Waals surface area contributed by atoms with Crippen LogP contribution in [0, 0.1) is 0 Å². The molecule has 0 spiro atoms. The number of rotatable bonds is 7. The van der Waals surface area contributed by atoms with Gasteiger partial charge in [0.25, 0.3) is 0 Å². The second-order valence-corrected chi connectivity index (χ2v) is 6.00. The molecular weight excluding hydrogens is 328 g/mol. The maximum Gasteiger partial charge on any atom is 0.338 e. The van der Waals surface area contributed by atoms with Crippen molar-refractivity contribution in [1.82, 2.24) is 4.57 Å². The van der Waals surface area contributed by atoms with E-state index in [1.165, 1.54) is 11.3 Å². The Morgan fingerprint density at radius 3 is 2.67 bits per heavy atom. The second-order valence-electron chi connectivity index (χ2n) is 5.00. The van der Waals surface area contributed by atoms with E-state index in [0.717, 1.165) is 10.2 Å². The standard InChI is InChI=1S/C17H22N2O4S/c1-4-15(20)18-17-19(9-10-22-5-2)13-8-7-12(11-14(13)24-17)16(21)23-6-3/h7-8,11H,4-6,9-10H2,1-3H3. The van der Waals surface area contributed by atoms with Crippen molar-refractivity contribution in [2.75, 3.05) is 19.8 Å². The van der Waals surface area contributed by atoms with Crippen LogP contribution in [0.2, 0.25) is 0 Å². The first-order chi connectivity index (χ1) is 11.6. The molecule has 0 aliphatic carbocycles. The van der Waals surface area contributed by atoms with Crippen LogP contribution in [0.25, 0.3) is 10.2 Å². The number of thiazole rings is 1. The van der Waals surface area contributed by atoms with Crippen molar-refractivity contribution in [2.45, 2.75) is 33.7 Å². The summed E-state index contributed by atoms with van der Waals surface area (Å²) >= 11 is 1.39. The number of fused-ring (bicyclic) bond motifs is 1. The van der Waals surface area contributed by atoms with Gasteiger partial charge in [0.1, 0.15) is 0 Å². The van der Waals surface area contributed by atoms with Gasteiger partial charge in [-0.3, -0.25) is 4.79 Å². The number of ether oxygens (including phenoxy) is 2. The van der Waals surface area contributed by atoms with Gasteiger partial charge in [-0.15, -0.1) is 0 Å². The Hall–Kier alpha value is -1.99. The molecule has 7 heteroatoms. The summed E-state index contributed by atoms with van der Waals surface area (Å²) in [5.41, 5.74) is 1.42. The van der Waals surface area contributed by atoms with E-state index in [4.69, 9.17) is 9.47 Å². The summed E-state index contributed by atoms with van der Waals surface area (Å²) < 4.78 is 13.3. The average Bonchev–Trinajstić information content (AvgIpc) is 2.91. The number of benzene rings is 1. The number of esters is 1. The zero-order valence-corrected chi connectivity index (χ0v) is 15.0. The van der Waals surface area contributed by atoms with E-state index in [0.29, 0.717) is 43.2 Å². The Morgan fingerprint density at radius 2 is 2.00 bits per heavy atom. The molecule has 0 aliphatic rings. The second kappa shape index (κ2) is 8.75. The zero-order chi connectivity index (χ0) is 17.5. The fourth-order valence-electron chi connectivity index (χ4n) is 2.20. The van der Waals surface area contributed by atoms with E-state index in [2.05, 4.69) is 4.99 Å². The Kier molecular flexibility index (Phi) is 6.69. The third kappa shape index (κ3) is 4.30. The Bertz CT molecular complexity index is 791. The molecule has 0 aliphatic heterocycles. The highest BCUT2D eigenvalue weighted by molar-refractivity contribution is 7.16. The molecule has 0 fully saturated rings. The van der Waals surface area contributed by atoms with Crippen molar-refractivity contribution in [1.29, 1.82) is 0 Å². The minimum absolute atomic E-state index is 0.169. The minimum Gasteiger partial charge on any atom is -0.462 e. The van der Waals surface area contributed by atoms with Gasteiger partial charge in [0.05, 0.1) is 29.0 Å². The molecule has 6 nitrogen and oxygen atoms in total. The third-order valence-corrected chi connectivity index (χ3v) is 4.42. The van der Waals surface area contributed by atoms with Crippen LogP contribution in [-0.2, 0) is 20.8 Å². The number of nitrogens with zero attached hydrogens (tertiary/aromatic N) is 2. The van der Waals surface area contributed by atoms with Crippen molar-refractivity contribution >= 4 is 33.4 Å². The summed E-state index contributed by atoms with van der Waals surface area (Å²) in [6.45, 7) is 7.60. The molecule has 0 atom stereocenters. The van der Waals surface area contributed by atoms with E-state index in [1.807, 2.05) is 17.6 Å². The maximum absolute atomic E-state index is 11.9. The fraction of sp³-hybridized carbons (Fsp3) is 0.471. The lowest BCUT2D eigenvalue weighted by atomic mass is 10.2. The fourth-order valence-corrected chi connectivity index (χ4v) is 3.31. The summed E-state index contributed by atoms with van der Waals surface area (Å²) in [4.78, 5) is 28.4. The van der Waals surface area contributed by atoms with Gasteiger partial charge in [0.2, 0.25) is 5.91 Å². The average molecular weight is 350 g/mol. The van der Waals surface area contributed by atoms with Gasteiger partial charge >= 0.3 is 5.97 Å². The molecule has 1 heterocycles. The third-order valence-electron chi connectivity index (χ3n) is 3.38. The lowest BCUT2D eigenvalue weighted by Gasteiger charge is -2.06. The van der Waals surface area contributed by atoms with E-state index >= 15 is 0 Å². The number of hydrogen-bond donors (Lipinski definition) is 0. The normalized spacial score (nSPS) is 11.9. The van der Waals surface area contributed by atoms with Gasteiger partial charge in [-0.25, -0.2) is 4.79 Å². The largest absolute Gasteiger partial charge is 0.462 e. The summed E-state index contributed by atoms with van der Waals surface area (Å²) in [6.07, 6.45) is 0.355. The van der Waals surface area contributed by atoms with Gasteiger partial charge in [0, 0.05) is 19.6 Å². The van der Waals surface area contributed by atoms with Crippen LogP contribution in [0.3, 0.4) is 0 Å². The molecule has 0 radical (unpaired) electrons. The number of amides is 1. The van der Waals surface area contributed by atoms with Crippen molar-refractivity contribution in [3.8, 4) is 0 Å². The van der Waals surface area contributed by atoms with E-state index in [1.54, 1.807) is 26.0 Å². The highest BCUT2D eigenvalue weighted by Gasteiger charge is 2.12. The molecule has 0 unspecified atom stereocenters. The lowest BCUT2D eigenvalue weighted by molar-refractivity contribution is -0.117. The lowest BCUT2D eigenvalue weighted by Crippen LogP contribution is -2.19. The molecule has 1 amide bonds. The van der Waals surface area contributed by atoms with E-state index in [-0.39, 0.29) is 11.9 Å². The predicted octanol–water partition coefficient (Wildman–Crippen LogP) is 2.75. The maximum atomic E-state index is 11.9. The Morgan fingerprint density at radius 1 is 1.21 bits per heavy atom. The number of aromatic nitrogens is 1. The smallest absolute Gasteiger partial charge is 0.338 e. The minimum atomic E-state index is -0.350. The van der Waals surface area contributed by atoms with Gasteiger partial charge in [-0.05, 0) is 32.0 Å². The molecule has 2 rings (SSSR count). The molecule has 130 valence electrons. The molecule has 2 aromatic rings. The number of carbonyl (C=O) groups is 2. The molecule has 1 aromatic heterocycles. The SMILES string of the molecule is CCOCCn1c(=NC(=O)CC)sc2cc(C(=O)OCC)ccc21. The van der Waals surface area contributed by atoms with E-state index < -0.39 is 0 Å². The summed E-state index contributed by atoms with van der Waals surface area (Å²) in [6, 6.07) is 5.37. The van der Waals surface area contributed by atoms with Gasteiger partial charge in [-0.1, -0.05) is 18.3 Å². The molecule has 0 bridgehead atoms. The van der Waals surface area contributed by atoms with Gasteiger partial charge < -0.3 is 14.0 Å². The van der Waals surface area contributed by atoms with Crippen LogP contribution in [0.4, 0.5) is 0 Å². The van der Waals surface area contributed by atoms with Crippen LogP contribution in [0.5, 0.6) is 0 Å². The van der Waals surface area contributed by atoms with Crippen molar-refractivity contribution in [2.24, 2.45) is 4.99 Å². The first kappa shape index (κ1) is 18.4. The summed E-state index contributed by atoms with van der Waals surface area (Å²) in [5, 5.41) is 0. The van der Waals surface area contributed by atoms with Crippen LogP contribution in [-0.4, -0.2) is 36.3 Å². The Labute approximate surface area is 144 Å². The molecule has 0 N–H and O–H groups in total. The van der Waals surface area contributed by atoms with E-state index in [9.17, 15) is 9.59 Å². The molecule has 0 saturated carbocycles. The summed E-state index contributed by atoms with van der Waals surface area (Å²) in [7, 11) is 0. The van der Waals surface area contributed by atoms with Crippen molar-refractivity contribution in [3.05, 3.63) is 28.6 Å². The number of hydrogen-bond acceptors (Lipinski definition) is 5. The first-order valence-electron chi connectivity index (χ1n) is 8.06. The topological polar surface area (TPSA) is 69.9 Å². The summed E-state index contributed by atoms with van der Waals surface area (Å²) in [5.74, 6) is -0.519. The van der Waals surface area contributed by atoms with Crippen molar-refractivity contribution in [3.63, 3.8) is 0 Å². The quantitative estimate of drug-likeness (QED) is 0.569. The van der Waals surface area contributed by atoms with Crippen LogP contribution < -0.4 is 4.80 Å². The van der Waals surface area contributed by atoms with Gasteiger partial charge in [0.15, 0.2) is 4.80 Å².